The lowest BCUT2D eigenvalue weighted by Gasteiger charge is -2.12. The number of imidazole rings is 1. The van der Waals surface area contributed by atoms with Crippen molar-refractivity contribution in [1.82, 2.24) is 30.2 Å². The van der Waals surface area contributed by atoms with Crippen LogP contribution in [0.15, 0.2) is 23.6 Å². The fraction of sp³-hybridized carbons (Fsp3) is 0.500. The Balaban J connectivity index is 1.73. The van der Waals surface area contributed by atoms with Gasteiger partial charge in [0, 0.05) is 30.5 Å². The third kappa shape index (κ3) is 3.31. The molecule has 8 nitrogen and oxygen atoms in total. The largest absolute Gasteiger partial charge is 0.347 e. The molecule has 0 radical (unpaired) electrons. The first kappa shape index (κ1) is 14.2. The highest BCUT2D eigenvalue weighted by Gasteiger charge is 2.26. The van der Waals surface area contributed by atoms with Crippen LogP contribution in [0.2, 0.25) is 0 Å². The summed E-state index contributed by atoms with van der Waals surface area (Å²) in [6, 6.07) is 0.0583. The molecule has 2 aromatic rings. The van der Waals surface area contributed by atoms with Crippen LogP contribution in [0.1, 0.15) is 37.2 Å². The first-order valence-corrected chi connectivity index (χ1v) is 8.32. The lowest BCUT2D eigenvalue weighted by atomic mass is 10.3. The number of aromatic nitrogens is 4. The minimum atomic E-state index is -3.67. The summed E-state index contributed by atoms with van der Waals surface area (Å²) in [4.78, 5) is 6.94. The van der Waals surface area contributed by atoms with E-state index >= 15 is 0 Å². The van der Waals surface area contributed by atoms with Gasteiger partial charge in [-0.3, -0.25) is 5.10 Å². The van der Waals surface area contributed by atoms with Crippen molar-refractivity contribution in [2.24, 2.45) is 0 Å². The summed E-state index contributed by atoms with van der Waals surface area (Å²) in [5, 5.41) is 9.81. The Morgan fingerprint density at radius 1 is 1.48 bits per heavy atom. The van der Waals surface area contributed by atoms with Gasteiger partial charge in [0.05, 0.1) is 12.2 Å². The van der Waals surface area contributed by atoms with E-state index < -0.39 is 16.1 Å². The molecular formula is C12H18N6O2S. The van der Waals surface area contributed by atoms with Gasteiger partial charge in [-0.05, 0) is 19.8 Å². The summed E-state index contributed by atoms with van der Waals surface area (Å²) in [5.74, 6) is 0.566. The third-order valence-electron chi connectivity index (χ3n) is 3.37. The molecule has 3 rings (SSSR count). The SMILES string of the molecule is CC(NS(=O)(=O)c1[nH]ncc1CNC1CC1)c1ncc[nH]1. The van der Waals surface area contributed by atoms with E-state index in [2.05, 4.69) is 30.2 Å². The summed E-state index contributed by atoms with van der Waals surface area (Å²) >= 11 is 0. The molecule has 0 amide bonds. The molecular weight excluding hydrogens is 292 g/mol. The van der Waals surface area contributed by atoms with E-state index in [1.165, 1.54) is 0 Å². The molecule has 1 unspecified atom stereocenters. The molecule has 2 aromatic heterocycles. The van der Waals surface area contributed by atoms with Crippen LogP contribution in [0, 0.1) is 0 Å². The molecule has 1 fully saturated rings. The van der Waals surface area contributed by atoms with Gasteiger partial charge in [0.1, 0.15) is 5.82 Å². The molecule has 1 saturated carbocycles. The average Bonchev–Trinajstić information content (AvgIpc) is 2.95. The summed E-state index contributed by atoms with van der Waals surface area (Å²) in [6.45, 7) is 2.22. The zero-order valence-corrected chi connectivity index (χ0v) is 12.4. The second kappa shape index (κ2) is 5.58. The van der Waals surface area contributed by atoms with E-state index in [0.29, 0.717) is 24.0 Å². The zero-order chi connectivity index (χ0) is 14.9. The van der Waals surface area contributed by atoms with Crippen LogP contribution in [0.3, 0.4) is 0 Å². The Labute approximate surface area is 122 Å². The standard InChI is InChI=1S/C12H18N6O2S/c1-8(11-13-4-5-14-11)18-21(19,20)12-9(7-16-17-12)6-15-10-2-3-10/h4-5,7-8,10,15,18H,2-3,6H2,1H3,(H,13,14)(H,16,17). The van der Waals surface area contributed by atoms with E-state index in [1.807, 2.05) is 0 Å². The van der Waals surface area contributed by atoms with E-state index in [9.17, 15) is 8.42 Å². The van der Waals surface area contributed by atoms with Crippen molar-refractivity contribution in [3.05, 3.63) is 30.0 Å². The Morgan fingerprint density at radius 3 is 2.95 bits per heavy atom. The van der Waals surface area contributed by atoms with Crippen LogP contribution < -0.4 is 10.0 Å². The van der Waals surface area contributed by atoms with Gasteiger partial charge in [0.15, 0.2) is 5.03 Å². The van der Waals surface area contributed by atoms with Crippen LogP contribution in [0.4, 0.5) is 0 Å². The van der Waals surface area contributed by atoms with Gasteiger partial charge >= 0.3 is 0 Å². The number of hydrogen-bond donors (Lipinski definition) is 4. The molecule has 21 heavy (non-hydrogen) atoms. The van der Waals surface area contributed by atoms with Crippen molar-refractivity contribution in [3.63, 3.8) is 0 Å². The van der Waals surface area contributed by atoms with Gasteiger partial charge in [-0.2, -0.15) is 9.82 Å². The molecule has 2 heterocycles. The van der Waals surface area contributed by atoms with E-state index in [1.54, 1.807) is 25.5 Å². The molecule has 1 aliphatic carbocycles. The van der Waals surface area contributed by atoms with Crippen molar-refractivity contribution in [2.75, 3.05) is 0 Å². The molecule has 1 aliphatic rings. The third-order valence-corrected chi connectivity index (χ3v) is 4.92. The number of rotatable bonds is 7. The van der Waals surface area contributed by atoms with Gasteiger partial charge in [0.2, 0.25) is 0 Å². The molecule has 0 spiro atoms. The van der Waals surface area contributed by atoms with Crippen LogP contribution >= 0.6 is 0 Å². The molecule has 9 heteroatoms. The minimum absolute atomic E-state index is 0.106. The number of nitrogens with zero attached hydrogens (tertiary/aromatic N) is 2. The normalized spacial score (nSPS) is 17.0. The maximum absolute atomic E-state index is 12.4. The maximum Gasteiger partial charge on any atom is 0.258 e. The first-order chi connectivity index (χ1) is 10.1. The van der Waals surface area contributed by atoms with Gasteiger partial charge in [0.25, 0.3) is 10.0 Å². The second-order valence-electron chi connectivity index (χ2n) is 5.20. The number of aromatic amines is 2. The quantitative estimate of drug-likeness (QED) is 0.592. The summed E-state index contributed by atoms with van der Waals surface area (Å²) in [5.41, 5.74) is 0.640. The van der Waals surface area contributed by atoms with Crippen molar-refractivity contribution in [3.8, 4) is 0 Å². The Morgan fingerprint density at radius 2 is 2.29 bits per heavy atom. The number of sulfonamides is 1. The van der Waals surface area contributed by atoms with Gasteiger partial charge in [-0.1, -0.05) is 0 Å². The summed E-state index contributed by atoms with van der Waals surface area (Å²) in [7, 11) is -3.67. The van der Waals surface area contributed by atoms with Crippen molar-refractivity contribution in [2.45, 2.75) is 43.4 Å². The van der Waals surface area contributed by atoms with Crippen molar-refractivity contribution < 1.29 is 8.42 Å². The van der Waals surface area contributed by atoms with Gasteiger partial charge in [-0.15, -0.1) is 0 Å². The topological polar surface area (TPSA) is 116 Å². The number of H-pyrrole nitrogens is 2. The summed E-state index contributed by atoms with van der Waals surface area (Å²) < 4.78 is 27.4. The second-order valence-corrected chi connectivity index (χ2v) is 6.85. The molecule has 0 bridgehead atoms. The molecule has 0 saturated heterocycles. The lowest BCUT2D eigenvalue weighted by Crippen LogP contribution is -2.29. The maximum atomic E-state index is 12.4. The van der Waals surface area contributed by atoms with E-state index in [-0.39, 0.29) is 5.03 Å². The zero-order valence-electron chi connectivity index (χ0n) is 11.6. The van der Waals surface area contributed by atoms with Crippen LogP contribution in [0.5, 0.6) is 0 Å². The number of hydrogen-bond acceptors (Lipinski definition) is 5. The van der Waals surface area contributed by atoms with Crippen LogP contribution in [-0.2, 0) is 16.6 Å². The molecule has 0 aliphatic heterocycles. The molecule has 0 aromatic carbocycles. The Hall–Kier alpha value is -1.71. The molecule has 4 N–H and O–H groups in total. The molecule has 114 valence electrons. The Bertz CT molecular complexity index is 689. The lowest BCUT2D eigenvalue weighted by molar-refractivity contribution is 0.554. The fourth-order valence-corrected chi connectivity index (χ4v) is 3.40. The van der Waals surface area contributed by atoms with Gasteiger partial charge < -0.3 is 10.3 Å². The average molecular weight is 310 g/mol. The van der Waals surface area contributed by atoms with Crippen molar-refractivity contribution >= 4 is 10.0 Å². The highest BCUT2D eigenvalue weighted by atomic mass is 32.2. The van der Waals surface area contributed by atoms with E-state index in [4.69, 9.17) is 0 Å². The first-order valence-electron chi connectivity index (χ1n) is 6.83. The molecule has 1 atom stereocenters. The van der Waals surface area contributed by atoms with Crippen molar-refractivity contribution in [1.29, 1.82) is 0 Å². The smallest absolute Gasteiger partial charge is 0.258 e. The minimum Gasteiger partial charge on any atom is -0.347 e. The van der Waals surface area contributed by atoms with E-state index in [0.717, 1.165) is 12.8 Å². The Kier molecular flexibility index (Phi) is 3.79. The fourth-order valence-electron chi connectivity index (χ4n) is 2.06. The predicted molar refractivity (Wildman–Crippen MR) is 75.8 cm³/mol. The predicted octanol–water partition coefficient (Wildman–Crippen LogP) is 0.424. The highest BCUT2D eigenvalue weighted by molar-refractivity contribution is 7.89. The number of nitrogens with one attached hydrogen (secondary N) is 4. The van der Waals surface area contributed by atoms with Gasteiger partial charge in [-0.25, -0.2) is 13.4 Å². The monoisotopic (exact) mass is 310 g/mol. The summed E-state index contributed by atoms with van der Waals surface area (Å²) in [6.07, 6.45) is 7.07. The highest BCUT2D eigenvalue weighted by Crippen LogP contribution is 2.21. The van der Waals surface area contributed by atoms with Crippen LogP contribution in [0.25, 0.3) is 0 Å². The van der Waals surface area contributed by atoms with Crippen LogP contribution in [-0.4, -0.2) is 34.6 Å².